The van der Waals surface area contributed by atoms with Crippen LogP contribution < -0.4 is 10.0 Å². The Bertz CT molecular complexity index is 1040. The number of carbonyl (C=O) groups excluding carboxylic acids is 2. The molecule has 1 aromatic carbocycles. The molecule has 0 bridgehead atoms. The van der Waals surface area contributed by atoms with Gasteiger partial charge >= 0.3 is 5.97 Å². The smallest absolute Gasteiger partial charge is 0.331 e. The van der Waals surface area contributed by atoms with Gasteiger partial charge < -0.3 is 4.74 Å². The fourth-order valence-electron chi connectivity index (χ4n) is 2.38. The van der Waals surface area contributed by atoms with Crippen LogP contribution in [0.5, 0.6) is 0 Å². The number of benzene rings is 1. The summed E-state index contributed by atoms with van der Waals surface area (Å²) in [7, 11) is -3.71. The van der Waals surface area contributed by atoms with Crippen LogP contribution in [0.1, 0.15) is 19.4 Å². The summed E-state index contributed by atoms with van der Waals surface area (Å²) in [6, 6.07) is 6.84. The lowest BCUT2D eigenvalue weighted by atomic mass is 10.2. The molecule has 11 heteroatoms. The van der Waals surface area contributed by atoms with Gasteiger partial charge in [-0.25, -0.2) is 23.2 Å². The highest BCUT2D eigenvalue weighted by Gasteiger charge is 2.31. The molecular weight excluding hydrogens is 386 g/mol. The zero-order valence-corrected chi connectivity index (χ0v) is 15.8. The average molecular weight is 403 g/mol. The fraction of sp³-hybridized carbons (Fsp3) is 0.235. The van der Waals surface area contributed by atoms with Crippen LogP contribution in [-0.4, -0.2) is 48.2 Å². The minimum atomic E-state index is -3.71. The lowest BCUT2D eigenvalue weighted by Crippen LogP contribution is -2.34. The second-order valence-electron chi connectivity index (χ2n) is 5.90. The number of fused-ring (bicyclic) bond motifs is 1. The third kappa shape index (κ3) is 4.14. The number of hydrogen-bond donors (Lipinski definition) is 2. The number of amides is 1. The van der Waals surface area contributed by atoms with Crippen molar-refractivity contribution in [3.05, 3.63) is 48.3 Å². The van der Waals surface area contributed by atoms with Gasteiger partial charge in [0, 0.05) is 18.0 Å². The maximum Gasteiger partial charge on any atom is 0.331 e. The highest BCUT2D eigenvalue weighted by atomic mass is 32.2. The number of hydrogen-bond acceptors (Lipinski definition) is 8. The van der Waals surface area contributed by atoms with E-state index < -0.39 is 34.0 Å². The van der Waals surface area contributed by atoms with Crippen molar-refractivity contribution >= 4 is 33.7 Å². The lowest BCUT2D eigenvalue weighted by Gasteiger charge is -2.14. The number of rotatable bonds is 5. The minimum Gasteiger partial charge on any atom is -0.451 e. The van der Waals surface area contributed by atoms with Gasteiger partial charge in [-0.15, -0.1) is 0 Å². The Morgan fingerprint density at radius 1 is 1.14 bits per heavy atom. The van der Waals surface area contributed by atoms with E-state index in [0.29, 0.717) is 5.56 Å². The molecule has 1 amide bonds. The summed E-state index contributed by atoms with van der Waals surface area (Å²) in [5.74, 6) is -1.26. The van der Waals surface area contributed by atoms with Gasteiger partial charge in [-0.1, -0.05) is 12.1 Å². The number of aliphatic imine (C=N–C) groups is 1. The molecule has 146 valence electrons. The van der Waals surface area contributed by atoms with Gasteiger partial charge in [-0.05, 0) is 32.0 Å². The summed E-state index contributed by atoms with van der Waals surface area (Å²) in [6.07, 6.45) is 1.79. The van der Waals surface area contributed by atoms with Crippen molar-refractivity contribution in [2.45, 2.75) is 30.9 Å². The molecule has 1 unspecified atom stereocenters. The van der Waals surface area contributed by atoms with Crippen LogP contribution in [0.2, 0.25) is 0 Å². The normalized spacial score (nSPS) is 17.9. The summed E-state index contributed by atoms with van der Waals surface area (Å²) in [5.41, 5.74) is 0.370. The van der Waals surface area contributed by atoms with E-state index in [1.165, 1.54) is 32.3 Å². The van der Waals surface area contributed by atoms with Crippen LogP contribution >= 0.6 is 0 Å². The minimum absolute atomic E-state index is 0.0508. The predicted octanol–water partition coefficient (Wildman–Crippen LogP) is 0.474. The maximum absolute atomic E-state index is 12.3. The van der Waals surface area contributed by atoms with Crippen molar-refractivity contribution in [2.75, 3.05) is 5.32 Å². The number of sulfonamides is 1. The first-order chi connectivity index (χ1) is 13.3. The monoisotopic (exact) mass is 403 g/mol. The summed E-state index contributed by atoms with van der Waals surface area (Å²) in [4.78, 5) is 36.2. The molecule has 0 spiro atoms. The van der Waals surface area contributed by atoms with Crippen LogP contribution in [0, 0.1) is 0 Å². The van der Waals surface area contributed by atoms with Gasteiger partial charge in [0.1, 0.15) is 11.9 Å². The number of aromatic nitrogens is 2. The summed E-state index contributed by atoms with van der Waals surface area (Å²) in [5, 5.41) is 2.42. The maximum atomic E-state index is 12.3. The zero-order valence-electron chi connectivity index (χ0n) is 15.0. The summed E-state index contributed by atoms with van der Waals surface area (Å²) < 4.78 is 31.6. The second kappa shape index (κ2) is 7.72. The Morgan fingerprint density at radius 3 is 2.54 bits per heavy atom. The number of anilines is 1. The molecule has 2 atom stereocenters. The Kier molecular flexibility index (Phi) is 5.36. The Hall–Kier alpha value is -3.34. The molecule has 1 aromatic heterocycles. The first-order valence-corrected chi connectivity index (χ1v) is 9.74. The van der Waals surface area contributed by atoms with E-state index in [1.807, 2.05) is 0 Å². The first-order valence-electron chi connectivity index (χ1n) is 8.26. The SMILES string of the molecule is CC(OC(=O)[C@H](C)N=C1NS(=O)(=O)c2ccccc21)C(=O)Nc1ncccn1. The molecule has 28 heavy (non-hydrogen) atoms. The second-order valence-corrected chi connectivity index (χ2v) is 7.55. The number of nitrogens with one attached hydrogen (secondary N) is 2. The molecule has 0 radical (unpaired) electrons. The highest BCUT2D eigenvalue weighted by molar-refractivity contribution is 7.90. The molecule has 1 aliphatic rings. The van der Waals surface area contributed by atoms with Gasteiger partial charge in [0.15, 0.2) is 6.10 Å². The third-order valence-corrected chi connectivity index (χ3v) is 5.19. The number of nitrogens with zero attached hydrogens (tertiary/aromatic N) is 3. The Labute approximate surface area is 161 Å². The summed E-state index contributed by atoms with van der Waals surface area (Å²) in [6.45, 7) is 2.83. The van der Waals surface area contributed by atoms with E-state index in [0.717, 1.165) is 0 Å². The quantitative estimate of drug-likeness (QED) is 0.692. The molecule has 2 aromatic rings. The molecule has 10 nitrogen and oxygen atoms in total. The van der Waals surface area contributed by atoms with E-state index in [2.05, 4.69) is 25.0 Å². The van der Waals surface area contributed by atoms with Gasteiger partial charge in [-0.2, -0.15) is 0 Å². The van der Waals surface area contributed by atoms with Crippen LogP contribution in [0.15, 0.2) is 52.6 Å². The molecular formula is C17H17N5O5S. The first kappa shape index (κ1) is 19.4. The molecule has 2 N–H and O–H groups in total. The van der Waals surface area contributed by atoms with Crippen molar-refractivity contribution in [1.29, 1.82) is 0 Å². The lowest BCUT2D eigenvalue weighted by molar-refractivity contribution is -0.154. The topological polar surface area (TPSA) is 140 Å². The largest absolute Gasteiger partial charge is 0.451 e. The molecule has 0 fully saturated rings. The number of ether oxygens (including phenoxy) is 1. The van der Waals surface area contributed by atoms with Crippen LogP contribution in [-0.2, 0) is 24.3 Å². The molecule has 0 aliphatic carbocycles. The molecule has 3 rings (SSSR count). The van der Waals surface area contributed by atoms with Gasteiger partial charge in [0.05, 0.1) is 4.90 Å². The van der Waals surface area contributed by atoms with E-state index in [9.17, 15) is 18.0 Å². The fourth-order valence-corrected chi connectivity index (χ4v) is 3.62. The highest BCUT2D eigenvalue weighted by Crippen LogP contribution is 2.22. The molecule has 0 saturated carbocycles. The molecule has 1 aliphatic heterocycles. The average Bonchev–Trinajstić information content (AvgIpc) is 2.93. The van der Waals surface area contributed by atoms with Crippen molar-refractivity contribution in [2.24, 2.45) is 4.99 Å². The van der Waals surface area contributed by atoms with Crippen molar-refractivity contribution < 1.29 is 22.7 Å². The van der Waals surface area contributed by atoms with Crippen LogP contribution in [0.3, 0.4) is 0 Å². The van der Waals surface area contributed by atoms with Crippen molar-refractivity contribution in [3.63, 3.8) is 0 Å². The zero-order chi connectivity index (χ0) is 20.3. The van der Waals surface area contributed by atoms with Crippen LogP contribution in [0.25, 0.3) is 0 Å². The number of esters is 1. The van der Waals surface area contributed by atoms with E-state index >= 15 is 0 Å². The van der Waals surface area contributed by atoms with E-state index in [1.54, 1.807) is 24.3 Å². The van der Waals surface area contributed by atoms with Gasteiger partial charge in [0.25, 0.3) is 15.9 Å². The van der Waals surface area contributed by atoms with Crippen molar-refractivity contribution in [3.8, 4) is 0 Å². The Balaban J connectivity index is 1.67. The Morgan fingerprint density at radius 2 is 1.82 bits per heavy atom. The molecule has 2 heterocycles. The van der Waals surface area contributed by atoms with Crippen LogP contribution in [0.4, 0.5) is 5.95 Å². The molecule has 0 saturated heterocycles. The van der Waals surface area contributed by atoms with Crippen molar-refractivity contribution in [1.82, 2.24) is 14.7 Å². The number of amidine groups is 1. The number of carbonyl (C=O) groups is 2. The standard InChI is InChI=1S/C17H17N5O5S/c1-10(20-14-12-6-3-4-7-13(12)28(25,26)22-14)16(24)27-11(2)15(23)21-17-18-8-5-9-19-17/h3-11H,1-2H3,(H,20,22)(H,18,19,21,23)/t10-,11?/m0/s1. The van der Waals surface area contributed by atoms with Gasteiger partial charge in [0.2, 0.25) is 5.95 Å². The van der Waals surface area contributed by atoms with E-state index in [-0.39, 0.29) is 16.7 Å². The van der Waals surface area contributed by atoms with Gasteiger partial charge in [-0.3, -0.25) is 19.8 Å². The summed E-state index contributed by atoms with van der Waals surface area (Å²) >= 11 is 0. The van der Waals surface area contributed by atoms with E-state index in [4.69, 9.17) is 4.74 Å². The third-order valence-electron chi connectivity index (χ3n) is 3.79. The predicted molar refractivity (Wildman–Crippen MR) is 99.0 cm³/mol.